The van der Waals surface area contributed by atoms with Gasteiger partial charge in [0, 0.05) is 5.56 Å². The van der Waals surface area contributed by atoms with Crippen LogP contribution in [-0.2, 0) is 13.2 Å². The maximum Gasteiger partial charge on any atom is 0.120 e. The summed E-state index contributed by atoms with van der Waals surface area (Å²) in [4.78, 5) is 0. The van der Waals surface area contributed by atoms with E-state index in [9.17, 15) is 0 Å². The van der Waals surface area contributed by atoms with Crippen molar-refractivity contribution in [3.8, 4) is 5.75 Å². The van der Waals surface area contributed by atoms with E-state index in [1.807, 2.05) is 24.3 Å². The Labute approximate surface area is 115 Å². The molecule has 19 heavy (non-hydrogen) atoms. The Morgan fingerprint density at radius 2 is 1.74 bits per heavy atom. The van der Waals surface area contributed by atoms with Crippen LogP contribution in [0.3, 0.4) is 0 Å². The quantitative estimate of drug-likeness (QED) is 0.757. The van der Waals surface area contributed by atoms with E-state index in [4.69, 9.17) is 4.74 Å². The molecule has 2 aromatic rings. The first-order chi connectivity index (χ1) is 9.38. The third kappa shape index (κ3) is 4.76. The molecule has 0 spiro atoms. The predicted octanol–water partition coefficient (Wildman–Crippen LogP) is 2.74. The number of nitrogens with two attached hydrogens (primary N) is 1. The van der Waals surface area contributed by atoms with Crippen LogP contribution >= 0.6 is 0 Å². The van der Waals surface area contributed by atoms with E-state index in [2.05, 4.69) is 42.6 Å². The Kier molecular flexibility index (Phi) is 5.45. The molecule has 0 aliphatic carbocycles. The van der Waals surface area contributed by atoms with Gasteiger partial charge in [-0.05, 0) is 24.1 Å². The topological polar surface area (TPSA) is 25.8 Å². The minimum absolute atomic E-state index is 0.628. The van der Waals surface area contributed by atoms with E-state index in [0.717, 1.165) is 12.3 Å². The van der Waals surface area contributed by atoms with Crippen LogP contribution in [0, 0.1) is 0 Å². The molecule has 0 heterocycles. The minimum atomic E-state index is 0.628. The van der Waals surface area contributed by atoms with Crippen molar-refractivity contribution in [1.29, 1.82) is 0 Å². The van der Waals surface area contributed by atoms with Crippen LogP contribution in [0.4, 0.5) is 0 Å². The molecule has 100 valence electrons. The molecule has 0 atom stereocenters. The number of hydrogen-bond donors (Lipinski definition) is 1. The second-order valence-electron chi connectivity index (χ2n) is 4.70. The van der Waals surface area contributed by atoms with Gasteiger partial charge in [-0.1, -0.05) is 49.4 Å². The van der Waals surface area contributed by atoms with E-state index < -0.39 is 0 Å². The highest BCUT2D eigenvalue weighted by molar-refractivity contribution is 5.28. The average Bonchev–Trinajstić information content (AvgIpc) is 2.47. The largest absolute Gasteiger partial charge is 0.489 e. The summed E-state index contributed by atoms with van der Waals surface area (Å²) in [5, 5.41) is 2.33. The van der Waals surface area contributed by atoms with E-state index >= 15 is 0 Å². The Bertz CT molecular complexity index is 482. The highest BCUT2D eigenvalue weighted by atomic mass is 16.5. The molecule has 0 aliphatic heterocycles. The minimum Gasteiger partial charge on any atom is -0.489 e. The fraction of sp³-hybridized carbons (Fsp3) is 0.294. The number of ether oxygens (including phenoxy) is 1. The van der Waals surface area contributed by atoms with Gasteiger partial charge in [-0.3, -0.25) is 0 Å². The van der Waals surface area contributed by atoms with Gasteiger partial charge in [0.15, 0.2) is 0 Å². The summed E-state index contributed by atoms with van der Waals surface area (Å²) in [6.07, 6.45) is 1.21. The van der Waals surface area contributed by atoms with Crippen LogP contribution in [0.25, 0.3) is 0 Å². The van der Waals surface area contributed by atoms with E-state index in [1.165, 1.54) is 24.1 Å². The van der Waals surface area contributed by atoms with Gasteiger partial charge in [-0.2, -0.15) is 0 Å². The molecule has 0 fully saturated rings. The fourth-order valence-electron chi connectivity index (χ4n) is 1.98. The van der Waals surface area contributed by atoms with Crippen molar-refractivity contribution in [2.45, 2.75) is 26.5 Å². The lowest BCUT2D eigenvalue weighted by Gasteiger charge is -2.08. The van der Waals surface area contributed by atoms with Gasteiger partial charge in [-0.25, -0.2) is 0 Å². The maximum atomic E-state index is 5.83. The first-order valence-corrected chi connectivity index (χ1v) is 6.96. The van der Waals surface area contributed by atoms with Crippen LogP contribution < -0.4 is 10.1 Å². The molecule has 0 saturated carbocycles. The highest BCUT2D eigenvalue weighted by Gasteiger charge is 1.99. The summed E-state index contributed by atoms with van der Waals surface area (Å²) in [6, 6.07) is 18.6. The van der Waals surface area contributed by atoms with Gasteiger partial charge in [-0.15, -0.1) is 0 Å². The lowest BCUT2D eigenvalue weighted by molar-refractivity contribution is -0.670. The molecule has 0 aliphatic rings. The van der Waals surface area contributed by atoms with Crippen LogP contribution in [0.1, 0.15) is 24.5 Å². The Morgan fingerprint density at radius 3 is 2.53 bits per heavy atom. The van der Waals surface area contributed by atoms with Gasteiger partial charge >= 0.3 is 0 Å². The van der Waals surface area contributed by atoms with Crippen LogP contribution in [0.2, 0.25) is 0 Å². The molecule has 2 N–H and O–H groups in total. The lowest BCUT2D eigenvalue weighted by Crippen LogP contribution is -2.82. The van der Waals surface area contributed by atoms with Crippen molar-refractivity contribution in [1.82, 2.24) is 0 Å². The Hall–Kier alpha value is -1.80. The molecule has 0 unspecified atom stereocenters. The molecule has 2 nitrogen and oxygen atoms in total. The maximum absolute atomic E-state index is 5.83. The van der Waals surface area contributed by atoms with E-state index in [-0.39, 0.29) is 0 Å². The molecule has 0 bridgehead atoms. The SMILES string of the molecule is CCC[NH2+]Cc1cccc(OCc2ccccc2)c1. The Balaban J connectivity index is 1.88. The molecule has 0 amide bonds. The van der Waals surface area contributed by atoms with Crippen LogP contribution in [0.5, 0.6) is 5.75 Å². The molecule has 0 radical (unpaired) electrons. The average molecular weight is 256 g/mol. The second kappa shape index (κ2) is 7.59. The zero-order valence-electron chi connectivity index (χ0n) is 11.5. The third-order valence-electron chi connectivity index (χ3n) is 3.02. The van der Waals surface area contributed by atoms with Gasteiger partial charge in [0.25, 0.3) is 0 Å². The third-order valence-corrected chi connectivity index (χ3v) is 3.02. The van der Waals surface area contributed by atoms with Crippen molar-refractivity contribution >= 4 is 0 Å². The smallest absolute Gasteiger partial charge is 0.120 e. The molecular formula is C17H22NO+. The molecular weight excluding hydrogens is 234 g/mol. The number of benzene rings is 2. The molecule has 2 heteroatoms. The van der Waals surface area contributed by atoms with Crippen molar-refractivity contribution in [3.63, 3.8) is 0 Å². The van der Waals surface area contributed by atoms with Gasteiger partial charge in [0.2, 0.25) is 0 Å². The van der Waals surface area contributed by atoms with Gasteiger partial charge < -0.3 is 10.1 Å². The van der Waals surface area contributed by atoms with E-state index in [1.54, 1.807) is 0 Å². The van der Waals surface area contributed by atoms with Gasteiger partial charge in [0.1, 0.15) is 18.9 Å². The first kappa shape index (κ1) is 13.6. The summed E-state index contributed by atoms with van der Waals surface area (Å²) < 4.78 is 5.83. The predicted molar refractivity (Wildman–Crippen MR) is 78.0 cm³/mol. The van der Waals surface area contributed by atoms with Crippen LogP contribution in [0.15, 0.2) is 54.6 Å². The van der Waals surface area contributed by atoms with E-state index in [0.29, 0.717) is 6.61 Å². The van der Waals surface area contributed by atoms with Crippen molar-refractivity contribution in [2.24, 2.45) is 0 Å². The van der Waals surface area contributed by atoms with Crippen molar-refractivity contribution < 1.29 is 10.1 Å². The summed E-state index contributed by atoms with van der Waals surface area (Å²) in [5.74, 6) is 0.950. The summed E-state index contributed by atoms with van der Waals surface area (Å²) in [6.45, 7) is 5.03. The highest BCUT2D eigenvalue weighted by Crippen LogP contribution is 2.14. The fourth-order valence-corrected chi connectivity index (χ4v) is 1.98. The second-order valence-corrected chi connectivity index (χ2v) is 4.70. The standard InChI is InChI=1S/C17H21NO/c1-2-11-18-13-16-9-6-10-17(12-16)19-14-15-7-4-3-5-8-15/h3-10,12,18H,2,11,13-14H2,1H3/p+1. The molecule has 2 rings (SSSR count). The summed E-state index contributed by atoms with van der Waals surface area (Å²) in [5.41, 5.74) is 2.52. The summed E-state index contributed by atoms with van der Waals surface area (Å²) in [7, 11) is 0. The summed E-state index contributed by atoms with van der Waals surface area (Å²) >= 11 is 0. The number of rotatable bonds is 7. The van der Waals surface area contributed by atoms with Gasteiger partial charge in [0.05, 0.1) is 6.54 Å². The Morgan fingerprint density at radius 1 is 0.947 bits per heavy atom. The number of hydrogen-bond acceptors (Lipinski definition) is 1. The van der Waals surface area contributed by atoms with Crippen molar-refractivity contribution in [2.75, 3.05) is 6.54 Å². The normalized spacial score (nSPS) is 10.4. The lowest BCUT2D eigenvalue weighted by atomic mass is 10.2. The van der Waals surface area contributed by atoms with Crippen LogP contribution in [-0.4, -0.2) is 6.54 Å². The number of quaternary nitrogens is 1. The zero-order valence-corrected chi connectivity index (χ0v) is 11.5. The molecule has 2 aromatic carbocycles. The zero-order chi connectivity index (χ0) is 13.3. The monoisotopic (exact) mass is 256 g/mol. The molecule has 0 aromatic heterocycles. The van der Waals surface area contributed by atoms with Crippen molar-refractivity contribution in [3.05, 3.63) is 65.7 Å². The molecule has 0 saturated heterocycles. The first-order valence-electron chi connectivity index (χ1n) is 6.96.